The van der Waals surface area contributed by atoms with Crippen molar-refractivity contribution < 1.29 is 14.3 Å². The van der Waals surface area contributed by atoms with E-state index in [2.05, 4.69) is 5.32 Å². The van der Waals surface area contributed by atoms with Crippen molar-refractivity contribution in [2.24, 2.45) is 0 Å². The summed E-state index contributed by atoms with van der Waals surface area (Å²) in [6.07, 6.45) is 1.57. The van der Waals surface area contributed by atoms with E-state index in [1.807, 2.05) is 30.3 Å². The molecular weight excluding hydrogens is 408 g/mol. The molecule has 3 aromatic rings. The topological polar surface area (TPSA) is 58.6 Å². The van der Waals surface area contributed by atoms with Crippen LogP contribution in [0.4, 0.5) is 5.69 Å². The Hall–Kier alpha value is -3.22. The van der Waals surface area contributed by atoms with Crippen LogP contribution in [-0.4, -0.2) is 24.0 Å². The molecule has 144 valence electrons. The van der Waals surface area contributed by atoms with E-state index in [9.17, 15) is 9.59 Å². The van der Waals surface area contributed by atoms with Crippen LogP contribution in [-0.2, 0) is 9.59 Å². The number of benzene rings is 3. The van der Waals surface area contributed by atoms with Crippen LogP contribution in [0.25, 0.3) is 16.8 Å². The highest BCUT2D eigenvalue weighted by molar-refractivity contribution is 7.80. The molecule has 0 bridgehead atoms. The quantitative estimate of drug-likeness (QED) is 0.387. The number of halogens is 1. The first-order valence-corrected chi connectivity index (χ1v) is 9.51. The average molecular weight is 423 g/mol. The second-order valence-electron chi connectivity index (χ2n) is 6.34. The molecule has 1 fully saturated rings. The van der Waals surface area contributed by atoms with Gasteiger partial charge in [-0.3, -0.25) is 19.8 Å². The van der Waals surface area contributed by atoms with Crippen molar-refractivity contribution in [3.05, 3.63) is 76.8 Å². The number of carbonyl (C=O) groups excluding carboxylic acids is 2. The van der Waals surface area contributed by atoms with Crippen LogP contribution < -0.4 is 15.0 Å². The van der Waals surface area contributed by atoms with E-state index in [0.29, 0.717) is 16.5 Å². The Morgan fingerprint density at radius 2 is 1.79 bits per heavy atom. The van der Waals surface area contributed by atoms with Crippen molar-refractivity contribution in [1.82, 2.24) is 5.32 Å². The Kier molecular flexibility index (Phi) is 5.05. The number of methoxy groups -OCH3 is 1. The maximum Gasteiger partial charge on any atom is 0.270 e. The van der Waals surface area contributed by atoms with Gasteiger partial charge in [0.2, 0.25) is 0 Å². The number of anilines is 1. The zero-order chi connectivity index (χ0) is 20.5. The van der Waals surface area contributed by atoms with Gasteiger partial charge in [-0.1, -0.05) is 48.0 Å². The molecule has 0 atom stereocenters. The Bertz CT molecular complexity index is 1210. The van der Waals surface area contributed by atoms with E-state index in [-0.39, 0.29) is 10.7 Å². The minimum absolute atomic E-state index is 0.0130. The SMILES string of the molecule is COc1ccc(/C=C2/C(=O)NC(=S)N(c3cccc(Cl)c3)C2=O)c2ccccc12. The van der Waals surface area contributed by atoms with Crippen LogP contribution >= 0.6 is 23.8 Å². The summed E-state index contributed by atoms with van der Waals surface area (Å²) in [6, 6.07) is 18.0. The second kappa shape index (κ2) is 7.66. The highest BCUT2D eigenvalue weighted by atomic mass is 35.5. The lowest BCUT2D eigenvalue weighted by Gasteiger charge is -2.29. The molecule has 3 aromatic carbocycles. The summed E-state index contributed by atoms with van der Waals surface area (Å²) < 4.78 is 5.41. The van der Waals surface area contributed by atoms with E-state index in [0.717, 1.165) is 16.3 Å². The van der Waals surface area contributed by atoms with Crippen LogP contribution in [0, 0.1) is 0 Å². The summed E-state index contributed by atoms with van der Waals surface area (Å²) in [5, 5.41) is 4.80. The number of thiocarbonyl (C=S) groups is 1. The van der Waals surface area contributed by atoms with Gasteiger partial charge in [0.15, 0.2) is 5.11 Å². The van der Waals surface area contributed by atoms with E-state index >= 15 is 0 Å². The molecule has 1 N–H and O–H groups in total. The fraction of sp³-hybridized carbons (Fsp3) is 0.0455. The first kappa shape index (κ1) is 19.1. The lowest BCUT2D eigenvalue weighted by molar-refractivity contribution is -0.122. The molecule has 4 rings (SSSR count). The lowest BCUT2D eigenvalue weighted by atomic mass is 10.00. The summed E-state index contributed by atoms with van der Waals surface area (Å²) >= 11 is 11.3. The van der Waals surface area contributed by atoms with Crippen LogP contribution in [0.2, 0.25) is 5.02 Å². The van der Waals surface area contributed by atoms with Crippen molar-refractivity contribution in [2.45, 2.75) is 0 Å². The van der Waals surface area contributed by atoms with Crippen LogP contribution in [0.5, 0.6) is 5.75 Å². The highest BCUT2D eigenvalue weighted by Crippen LogP contribution is 2.31. The second-order valence-corrected chi connectivity index (χ2v) is 7.16. The summed E-state index contributed by atoms with van der Waals surface area (Å²) in [5.41, 5.74) is 1.19. The van der Waals surface area contributed by atoms with Crippen molar-refractivity contribution in [3.8, 4) is 5.75 Å². The van der Waals surface area contributed by atoms with E-state index in [4.69, 9.17) is 28.6 Å². The molecule has 1 heterocycles. The molecule has 1 saturated heterocycles. The van der Waals surface area contributed by atoms with Gasteiger partial charge in [0.05, 0.1) is 12.8 Å². The Morgan fingerprint density at radius 1 is 1.03 bits per heavy atom. The molecule has 0 saturated carbocycles. The summed E-state index contributed by atoms with van der Waals surface area (Å²) in [7, 11) is 1.60. The monoisotopic (exact) mass is 422 g/mol. The first-order valence-electron chi connectivity index (χ1n) is 8.72. The van der Waals surface area contributed by atoms with Gasteiger partial charge in [-0.05, 0) is 53.5 Å². The number of rotatable bonds is 3. The third-order valence-corrected chi connectivity index (χ3v) is 5.13. The van der Waals surface area contributed by atoms with Gasteiger partial charge in [0.25, 0.3) is 11.8 Å². The summed E-state index contributed by atoms with van der Waals surface area (Å²) in [4.78, 5) is 27.0. The van der Waals surface area contributed by atoms with Crippen molar-refractivity contribution in [1.29, 1.82) is 0 Å². The predicted molar refractivity (Wildman–Crippen MR) is 118 cm³/mol. The molecule has 29 heavy (non-hydrogen) atoms. The summed E-state index contributed by atoms with van der Waals surface area (Å²) in [5.74, 6) is -0.344. The summed E-state index contributed by atoms with van der Waals surface area (Å²) in [6.45, 7) is 0. The fourth-order valence-electron chi connectivity index (χ4n) is 3.26. The molecule has 0 aromatic heterocycles. The zero-order valence-electron chi connectivity index (χ0n) is 15.3. The van der Waals surface area contributed by atoms with Crippen molar-refractivity contribution in [2.75, 3.05) is 12.0 Å². The van der Waals surface area contributed by atoms with E-state index < -0.39 is 11.8 Å². The van der Waals surface area contributed by atoms with Crippen LogP contribution in [0.15, 0.2) is 66.2 Å². The molecule has 0 spiro atoms. The third-order valence-electron chi connectivity index (χ3n) is 4.61. The number of carbonyl (C=O) groups is 2. The Morgan fingerprint density at radius 3 is 2.52 bits per heavy atom. The van der Waals surface area contributed by atoms with Gasteiger partial charge in [0.1, 0.15) is 11.3 Å². The molecule has 7 heteroatoms. The van der Waals surface area contributed by atoms with Gasteiger partial charge in [-0.25, -0.2) is 0 Å². The normalized spacial score (nSPS) is 15.7. The number of ether oxygens (including phenoxy) is 1. The maximum absolute atomic E-state index is 13.2. The lowest BCUT2D eigenvalue weighted by Crippen LogP contribution is -2.54. The Balaban J connectivity index is 1.83. The van der Waals surface area contributed by atoms with Gasteiger partial charge in [-0.15, -0.1) is 0 Å². The first-order chi connectivity index (χ1) is 14.0. The minimum atomic E-state index is -0.543. The fourth-order valence-corrected chi connectivity index (χ4v) is 3.73. The van der Waals surface area contributed by atoms with Gasteiger partial charge < -0.3 is 4.74 Å². The van der Waals surface area contributed by atoms with E-state index in [1.165, 1.54) is 4.90 Å². The van der Waals surface area contributed by atoms with E-state index in [1.54, 1.807) is 43.5 Å². The molecule has 0 aliphatic carbocycles. The molecule has 1 aliphatic heterocycles. The zero-order valence-corrected chi connectivity index (χ0v) is 16.9. The molecule has 2 amide bonds. The predicted octanol–water partition coefficient (Wildman–Crippen LogP) is 4.33. The number of hydrogen-bond acceptors (Lipinski definition) is 4. The number of hydrogen-bond donors (Lipinski definition) is 1. The van der Waals surface area contributed by atoms with Crippen LogP contribution in [0.1, 0.15) is 5.56 Å². The maximum atomic E-state index is 13.2. The molecule has 5 nitrogen and oxygen atoms in total. The Labute approximate surface area is 177 Å². The van der Waals surface area contributed by atoms with Gasteiger partial charge in [0, 0.05) is 10.4 Å². The average Bonchev–Trinajstić information content (AvgIpc) is 2.71. The smallest absolute Gasteiger partial charge is 0.270 e. The molecule has 0 radical (unpaired) electrons. The van der Waals surface area contributed by atoms with Gasteiger partial charge in [-0.2, -0.15) is 0 Å². The molecular formula is C22H15ClN2O3S. The van der Waals surface area contributed by atoms with Crippen molar-refractivity contribution in [3.63, 3.8) is 0 Å². The molecule has 1 aliphatic rings. The van der Waals surface area contributed by atoms with Crippen molar-refractivity contribution >= 4 is 63.3 Å². The van der Waals surface area contributed by atoms with Gasteiger partial charge >= 0.3 is 0 Å². The number of nitrogens with zero attached hydrogens (tertiary/aromatic N) is 1. The number of fused-ring (bicyclic) bond motifs is 1. The third kappa shape index (κ3) is 3.48. The standard InChI is InChI=1S/C22H15ClN2O3S/c1-28-19-10-9-13(16-7-2-3-8-17(16)19)11-18-20(26)24-22(29)25(21(18)27)15-6-4-5-14(23)12-15/h2-12H,1H3,(H,24,26,29)/b18-11-. The number of nitrogens with one attached hydrogen (secondary N) is 1. The largest absolute Gasteiger partial charge is 0.496 e. The highest BCUT2D eigenvalue weighted by Gasteiger charge is 2.34. The molecule has 0 unspecified atom stereocenters. The minimum Gasteiger partial charge on any atom is -0.496 e. The van der Waals surface area contributed by atoms with Crippen LogP contribution in [0.3, 0.4) is 0 Å². The number of amides is 2.